The highest BCUT2D eigenvalue weighted by Gasteiger charge is 2.20. The fourth-order valence-corrected chi connectivity index (χ4v) is 1.70. The molecule has 0 bridgehead atoms. The topological polar surface area (TPSA) is 70.7 Å². The molecule has 2 rings (SSSR count). The molecule has 0 fully saturated rings. The van der Waals surface area contributed by atoms with Crippen molar-refractivity contribution >= 4 is 5.95 Å². The second-order valence-electron chi connectivity index (χ2n) is 5.58. The van der Waals surface area contributed by atoms with E-state index >= 15 is 0 Å². The molecule has 106 valence electrons. The highest BCUT2D eigenvalue weighted by Crippen LogP contribution is 2.15. The first-order chi connectivity index (χ1) is 9.36. The van der Waals surface area contributed by atoms with Gasteiger partial charge in [0, 0.05) is 12.0 Å². The molecule has 0 spiro atoms. The Morgan fingerprint density at radius 2 is 1.85 bits per heavy atom. The zero-order valence-electron chi connectivity index (χ0n) is 11.7. The van der Waals surface area contributed by atoms with E-state index in [1.165, 1.54) is 12.1 Å². The van der Waals surface area contributed by atoms with E-state index in [0.29, 0.717) is 18.2 Å². The van der Waals surface area contributed by atoms with Crippen molar-refractivity contribution in [3.05, 3.63) is 51.7 Å². The molecule has 2 aromatic rings. The minimum Gasteiger partial charge on any atom is -0.350 e. The molecule has 0 aliphatic rings. The first-order valence-corrected chi connectivity index (χ1v) is 6.32. The highest BCUT2D eigenvalue weighted by molar-refractivity contribution is 5.27. The van der Waals surface area contributed by atoms with Gasteiger partial charge >= 0.3 is 0 Å². The molecular weight excluding hydrogens is 259 g/mol. The van der Waals surface area contributed by atoms with Gasteiger partial charge in [-0.2, -0.15) is 0 Å². The quantitative estimate of drug-likeness (QED) is 0.901. The summed E-state index contributed by atoms with van der Waals surface area (Å²) < 4.78 is 12.8. The van der Waals surface area contributed by atoms with Gasteiger partial charge in [-0.1, -0.05) is 32.9 Å². The Morgan fingerprint density at radius 1 is 1.20 bits per heavy atom. The van der Waals surface area contributed by atoms with Gasteiger partial charge in [0.2, 0.25) is 5.95 Å². The standard InChI is InChI=1S/C14H17FN4O/c1-14(2,3)11-12(20)17-13(19-18-11)16-8-9-4-6-10(15)7-5-9/h4-7H,8H2,1-3H3,(H2,16,17,19,20). The van der Waals surface area contributed by atoms with Gasteiger partial charge in [0.25, 0.3) is 5.56 Å². The predicted octanol–water partition coefficient (Wildman–Crippen LogP) is 2.21. The van der Waals surface area contributed by atoms with Crippen molar-refractivity contribution in [3.8, 4) is 0 Å². The van der Waals surface area contributed by atoms with Gasteiger partial charge in [0.05, 0.1) is 0 Å². The maximum Gasteiger partial charge on any atom is 0.274 e. The fourth-order valence-electron chi connectivity index (χ4n) is 1.70. The Morgan fingerprint density at radius 3 is 2.40 bits per heavy atom. The van der Waals surface area contributed by atoms with Crippen molar-refractivity contribution in [2.45, 2.75) is 32.7 Å². The first kappa shape index (κ1) is 14.2. The number of hydrogen-bond donors (Lipinski definition) is 2. The molecule has 20 heavy (non-hydrogen) atoms. The van der Waals surface area contributed by atoms with Crippen LogP contribution in [0.4, 0.5) is 10.3 Å². The lowest BCUT2D eigenvalue weighted by atomic mass is 9.93. The summed E-state index contributed by atoms with van der Waals surface area (Å²) in [5.74, 6) is 0.0174. The fraction of sp³-hybridized carbons (Fsp3) is 0.357. The number of H-pyrrole nitrogens is 1. The molecule has 0 aliphatic heterocycles. The van der Waals surface area contributed by atoms with E-state index in [1.807, 2.05) is 20.8 Å². The van der Waals surface area contributed by atoms with Crippen LogP contribution in [0.2, 0.25) is 0 Å². The zero-order chi connectivity index (χ0) is 14.8. The van der Waals surface area contributed by atoms with Crippen LogP contribution in [-0.2, 0) is 12.0 Å². The third kappa shape index (κ3) is 3.40. The van der Waals surface area contributed by atoms with Gasteiger partial charge in [-0.25, -0.2) is 4.39 Å². The molecule has 5 nitrogen and oxygen atoms in total. The average Bonchev–Trinajstić information content (AvgIpc) is 2.36. The van der Waals surface area contributed by atoms with E-state index in [1.54, 1.807) is 12.1 Å². The van der Waals surface area contributed by atoms with Crippen molar-refractivity contribution in [3.63, 3.8) is 0 Å². The average molecular weight is 276 g/mol. The molecule has 0 atom stereocenters. The normalized spacial score (nSPS) is 11.4. The summed E-state index contributed by atoms with van der Waals surface area (Å²) in [5.41, 5.74) is 0.670. The van der Waals surface area contributed by atoms with Crippen molar-refractivity contribution < 1.29 is 4.39 Å². The maximum atomic E-state index is 12.8. The second-order valence-corrected chi connectivity index (χ2v) is 5.58. The molecule has 1 aromatic carbocycles. The summed E-state index contributed by atoms with van der Waals surface area (Å²) in [6.07, 6.45) is 0. The molecule has 0 unspecified atom stereocenters. The van der Waals surface area contributed by atoms with Crippen LogP contribution in [-0.4, -0.2) is 15.2 Å². The summed E-state index contributed by atoms with van der Waals surface area (Å²) in [4.78, 5) is 14.5. The molecule has 0 amide bonds. The number of nitrogens with zero attached hydrogens (tertiary/aromatic N) is 2. The Kier molecular flexibility index (Phi) is 3.83. The largest absolute Gasteiger partial charge is 0.350 e. The van der Waals surface area contributed by atoms with Crippen LogP contribution in [0.5, 0.6) is 0 Å². The maximum absolute atomic E-state index is 12.8. The van der Waals surface area contributed by atoms with Crippen LogP contribution >= 0.6 is 0 Å². The molecule has 0 radical (unpaired) electrons. The number of rotatable bonds is 3. The van der Waals surface area contributed by atoms with Crippen LogP contribution in [0.3, 0.4) is 0 Å². The van der Waals surface area contributed by atoms with Gasteiger partial charge in [0.1, 0.15) is 11.5 Å². The van der Waals surface area contributed by atoms with Gasteiger partial charge in [-0.05, 0) is 17.7 Å². The lowest BCUT2D eigenvalue weighted by Crippen LogP contribution is -2.28. The summed E-state index contributed by atoms with van der Waals surface area (Å²) in [5, 5.41) is 10.9. The van der Waals surface area contributed by atoms with E-state index in [9.17, 15) is 9.18 Å². The third-order valence-electron chi connectivity index (χ3n) is 2.78. The Labute approximate surface area is 116 Å². The molecule has 6 heteroatoms. The van der Waals surface area contributed by atoms with Crippen LogP contribution in [0.25, 0.3) is 0 Å². The van der Waals surface area contributed by atoms with Crippen molar-refractivity contribution in [2.24, 2.45) is 0 Å². The van der Waals surface area contributed by atoms with E-state index in [4.69, 9.17) is 0 Å². The number of hydrogen-bond acceptors (Lipinski definition) is 4. The lowest BCUT2D eigenvalue weighted by Gasteiger charge is -2.15. The lowest BCUT2D eigenvalue weighted by molar-refractivity contribution is 0.547. The number of halogens is 1. The predicted molar refractivity (Wildman–Crippen MR) is 75.1 cm³/mol. The second kappa shape index (κ2) is 5.40. The van der Waals surface area contributed by atoms with Gasteiger partial charge in [-0.15, -0.1) is 10.2 Å². The molecule has 0 aliphatic carbocycles. The van der Waals surface area contributed by atoms with Gasteiger partial charge in [-0.3, -0.25) is 9.78 Å². The molecule has 0 saturated carbocycles. The van der Waals surface area contributed by atoms with Gasteiger partial charge < -0.3 is 5.32 Å². The molecule has 1 heterocycles. The molecular formula is C14H17FN4O. The molecule has 0 saturated heterocycles. The number of aromatic amines is 1. The minimum absolute atomic E-state index is 0.255. The van der Waals surface area contributed by atoms with Gasteiger partial charge in [0.15, 0.2) is 0 Å². The van der Waals surface area contributed by atoms with E-state index in [0.717, 1.165) is 5.56 Å². The van der Waals surface area contributed by atoms with E-state index < -0.39 is 0 Å². The van der Waals surface area contributed by atoms with Crippen LogP contribution in [0.1, 0.15) is 32.0 Å². The third-order valence-corrected chi connectivity index (χ3v) is 2.78. The van der Waals surface area contributed by atoms with Crippen molar-refractivity contribution in [1.82, 2.24) is 15.2 Å². The Balaban J connectivity index is 2.09. The van der Waals surface area contributed by atoms with Crippen molar-refractivity contribution in [2.75, 3.05) is 5.32 Å². The SMILES string of the molecule is CC(C)(C)c1nnc(NCc2ccc(F)cc2)[nH]c1=O. The molecule has 2 N–H and O–H groups in total. The summed E-state index contributed by atoms with van der Waals surface area (Å²) in [6.45, 7) is 6.13. The minimum atomic E-state index is -0.351. The number of anilines is 1. The highest BCUT2D eigenvalue weighted by atomic mass is 19.1. The van der Waals surface area contributed by atoms with Crippen LogP contribution < -0.4 is 10.9 Å². The summed E-state index contributed by atoms with van der Waals surface area (Å²) in [6, 6.07) is 6.09. The number of nitrogens with one attached hydrogen (secondary N) is 2. The van der Waals surface area contributed by atoms with Crippen LogP contribution in [0, 0.1) is 5.82 Å². The number of aromatic nitrogens is 3. The monoisotopic (exact) mass is 276 g/mol. The molecule has 1 aromatic heterocycles. The summed E-state index contributed by atoms with van der Waals surface area (Å²) >= 11 is 0. The smallest absolute Gasteiger partial charge is 0.274 e. The first-order valence-electron chi connectivity index (χ1n) is 6.32. The van der Waals surface area contributed by atoms with Crippen molar-refractivity contribution in [1.29, 1.82) is 0 Å². The number of benzene rings is 1. The van der Waals surface area contributed by atoms with Crippen LogP contribution in [0.15, 0.2) is 29.1 Å². The zero-order valence-corrected chi connectivity index (χ0v) is 11.7. The van der Waals surface area contributed by atoms with E-state index in [2.05, 4.69) is 20.5 Å². The Hall–Kier alpha value is -2.24. The summed E-state index contributed by atoms with van der Waals surface area (Å²) in [7, 11) is 0. The Bertz CT molecular complexity index is 643. The van der Waals surface area contributed by atoms with E-state index in [-0.39, 0.29) is 16.8 Å².